The number of anilines is 1. The quantitative estimate of drug-likeness (QED) is 0.818. The van der Waals surface area contributed by atoms with Crippen LogP contribution in [0.4, 0.5) is 10.1 Å². The molecule has 0 amide bonds. The number of hydrogen-bond acceptors (Lipinski definition) is 3. The van der Waals surface area contributed by atoms with Gasteiger partial charge in [0.25, 0.3) is 0 Å². The van der Waals surface area contributed by atoms with E-state index in [0.29, 0.717) is 6.54 Å². The highest BCUT2D eigenvalue weighted by Gasteiger charge is 2.28. The molecule has 17 heavy (non-hydrogen) atoms. The Hall–Kier alpha value is -1.13. The molecule has 1 fully saturated rings. The molecule has 0 spiro atoms. The molecule has 2 rings (SSSR count). The van der Waals surface area contributed by atoms with Crippen LogP contribution in [0.2, 0.25) is 0 Å². The zero-order valence-electron chi connectivity index (χ0n) is 10.0. The first-order chi connectivity index (χ1) is 8.06. The SMILES string of the molecule is CC(O)C1CC(N)CN(c2cccc(F)c2)C1. The highest BCUT2D eigenvalue weighted by atomic mass is 19.1. The van der Waals surface area contributed by atoms with E-state index in [1.165, 1.54) is 12.1 Å². The van der Waals surface area contributed by atoms with Crippen LogP contribution in [0.1, 0.15) is 13.3 Å². The summed E-state index contributed by atoms with van der Waals surface area (Å²) < 4.78 is 13.2. The molecule has 1 aromatic carbocycles. The third kappa shape index (κ3) is 2.96. The number of piperidine rings is 1. The van der Waals surface area contributed by atoms with E-state index >= 15 is 0 Å². The van der Waals surface area contributed by atoms with E-state index in [4.69, 9.17) is 5.73 Å². The fourth-order valence-corrected chi connectivity index (χ4v) is 2.41. The Bertz CT molecular complexity index is 383. The van der Waals surface area contributed by atoms with Gasteiger partial charge in [-0.3, -0.25) is 0 Å². The van der Waals surface area contributed by atoms with Crippen molar-refractivity contribution in [2.75, 3.05) is 18.0 Å². The molecule has 0 aliphatic carbocycles. The molecular formula is C13H19FN2O. The van der Waals surface area contributed by atoms with Gasteiger partial charge in [-0.15, -0.1) is 0 Å². The van der Waals surface area contributed by atoms with Crippen molar-refractivity contribution in [2.45, 2.75) is 25.5 Å². The Kier molecular flexibility index (Phi) is 3.64. The molecule has 0 aromatic heterocycles. The van der Waals surface area contributed by atoms with Gasteiger partial charge in [0, 0.05) is 30.7 Å². The van der Waals surface area contributed by atoms with Gasteiger partial charge in [-0.1, -0.05) is 6.07 Å². The van der Waals surface area contributed by atoms with E-state index in [-0.39, 0.29) is 23.9 Å². The second-order valence-electron chi connectivity index (χ2n) is 4.88. The molecule has 94 valence electrons. The molecule has 1 aliphatic rings. The van der Waals surface area contributed by atoms with Gasteiger partial charge in [0.15, 0.2) is 0 Å². The zero-order chi connectivity index (χ0) is 12.4. The van der Waals surface area contributed by atoms with Crippen molar-refractivity contribution in [3.05, 3.63) is 30.1 Å². The van der Waals surface area contributed by atoms with Gasteiger partial charge in [0.1, 0.15) is 5.82 Å². The molecule has 3 N–H and O–H groups in total. The summed E-state index contributed by atoms with van der Waals surface area (Å²) in [5, 5.41) is 9.66. The topological polar surface area (TPSA) is 49.5 Å². The summed E-state index contributed by atoms with van der Waals surface area (Å²) in [6.45, 7) is 3.23. The summed E-state index contributed by atoms with van der Waals surface area (Å²) in [6.07, 6.45) is 0.446. The van der Waals surface area contributed by atoms with Crippen LogP contribution >= 0.6 is 0 Å². The average molecular weight is 238 g/mol. The maximum Gasteiger partial charge on any atom is 0.125 e. The van der Waals surface area contributed by atoms with Gasteiger partial charge in [0.2, 0.25) is 0 Å². The first-order valence-corrected chi connectivity index (χ1v) is 6.00. The molecule has 1 saturated heterocycles. The number of aliphatic hydroxyl groups excluding tert-OH is 1. The van der Waals surface area contributed by atoms with E-state index in [0.717, 1.165) is 18.7 Å². The maximum absolute atomic E-state index is 13.2. The Morgan fingerprint density at radius 2 is 2.24 bits per heavy atom. The molecule has 1 aliphatic heterocycles. The number of nitrogens with zero attached hydrogens (tertiary/aromatic N) is 1. The van der Waals surface area contributed by atoms with Gasteiger partial charge in [0.05, 0.1) is 6.10 Å². The lowest BCUT2D eigenvalue weighted by Crippen LogP contribution is -2.49. The summed E-state index contributed by atoms with van der Waals surface area (Å²) >= 11 is 0. The zero-order valence-corrected chi connectivity index (χ0v) is 10.0. The van der Waals surface area contributed by atoms with Crippen molar-refractivity contribution in [1.82, 2.24) is 0 Å². The fraction of sp³-hybridized carbons (Fsp3) is 0.538. The molecule has 3 unspecified atom stereocenters. The first-order valence-electron chi connectivity index (χ1n) is 6.00. The van der Waals surface area contributed by atoms with Crippen LogP contribution in [-0.4, -0.2) is 30.3 Å². The number of halogens is 1. The molecule has 0 radical (unpaired) electrons. The molecule has 0 saturated carbocycles. The van der Waals surface area contributed by atoms with Crippen LogP contribution in [-0.2, 0) is 0 Å². The lowest BCUT2D eigenvalue weighted by molar-refractivity contribution is 0.110. The minimum Gasteiger partial charge on any atom is -0.393 e. The summed E-state index contributed by atoms with van der Waals surface area (Å²) in [6, 6.07) is 6.55. The minimum atomic E-state index is -0.377. The van der Waals surface area contributed by atoms with Gasteiger partial charge < -0.3 is 15.7 Å². The molecule has 3 nitrogen and oxygen atoms in total. The van der Waals surface area contributed by atoms with E-state index in [9.17, 15) is 9.50 Å². The molecule has 4 heteroatoms. The number of nitrogens with two attached hydrogens (primary N) is 1. The molecule has 0 bridgehead atoms. The van der Waals surface area contributed by atoms with Crippen molar-refractivity contribution in [3.63, 3.8) is 0 Å². The van der Waals surface area contributed by atoms with Gasteiger partial charge in [-0.25, -0.2) is 4.39 Å². The number of rotatable bonds is 2. The van der Waals surface area contributed by atoms with E-state index in [1.807, 2.05) is 6.07 Å². The minimum absolute atomic E-state index is 0.0339. The Labute approximate surface area is 101 Å². The average Bonchev–Trinajstić information content (AvgIpc) is 2.28. The fourth-order valence-electron chi connectivity index (χ4n) is 2.41. The van der Waals surface area contributed by atoms with Crippen LogP contribution in [0.3, 0.4) is 0 Å². The summed E-state index contributed by atoms with van der Waals surface area (Å²) in [7, 11) is 0. The lowest BCUT2D eigenvalue weighted by Gasteiger charge is -2.39. The third-order valence-corrected chi connectivity index (χ3v) is 3.37. The van der Waals surface area contributed by atoms with Crippen molar-refractivity contribution < 1.29 is 9.50 Å². The monoisotopic (exact) mass is 238 g/mol. The summed E-state index contributed by atoms with van der Waals surface area (Å²) in [4.78, 5) is 2.05. The third-order valence-electron chi connectivity index (χ3n) is 3.37. The number of aliphatic hydroxyl groups is 1. The number of benzene rings is 1. The van der Waals surface area contributed by atoms with Crippen LogP contribution in [0, 0.1) is 11.7 Å². The van der Waals surface area contributed by atoms with E-state index in [2.05, 4.69) is 4.90 Å². The maximum atomic E-state index is 13.2. The highest BCUT2D eigenvalue weighted by Crippen LogP contribution is 2.25. The first kappa shape index (κ1) is 12.3. The predicted molar refractivity (Wildman–Crippen MR) is 66.4 cm³/mol. The van der Waals surface area contributed by atoms with Crippen molar-refractivity contribution >= 4 is 5.69 Å². The van der Waals surface area contributed by atoms with Gasteiger partial charge in [-0.05, 0) is 31.5 Å². The second-order valence-corrected chi connectivity index (χ2v) is 4.88. The molecule has 3 atom stereocenters. The predicted octanol–water partition coefficient (Wildman–Crippen LogP) is 1.36. The standard InChI is InChI=1S/C13H19FN2O/c1-9(17)10-5-12(15)8-16(7-10)13-4-2-3-11(14)6-13/h2-4,6,9-10,12,17H,5,7-8,15H2,1H3. The van der Waals surface area contributed by atoms with Crippen LogP contribution in [0.25, 0.3) is 0 Å². The highest BCUT2D eigenvalue weighted by molar-refractivity contribution is 5.47. The molecule has 1 aromatic rings. The Balaban J connectivity index is 2.15. The molecule has 1 heterocycles. The summed E-state index contributed by atoms with van der Waals surface area (Å²) in [5.41, 5.74) is 6.82. The van der Waals surface area contributed by atoms with Crippen LogP contribution in [0.5, 0.6) is 0 Å². The number of hydrogen-bond donors (Lipinski definition) is 2. The second kappa shape index (κ2) is 5.02. The largest absolute Gasteiger partial charge is 0.393 e. The van der Waals surface area contributed by atoms with Crippen LogP contribution < -0.4 is 10.6 Å². The van der Waals surface area contributed by atoms with Crippen molar-refractivity contribution in [2.24, 2.45) is 11.7 Å². The molecular weight excluding hydrogens is 219 g/mol. The van der Waals surface area contributed by atoms with Gasteiger partial charge >= 0.3 is 0 Å². The van der Waals surface area contributed by atoms with E-state index in [1.54, 1.807) is 13.0 Å². The Morgan fingerprint density at radius 1 is 1.47 bits per heavy atom. The smallest absolute Gasteiger partial charge is 0.125 e. The van der Waals surface area contributed by atoms with Crippen molar-refractivity contribution in [3.8, 4) is 0 Å². The van der Waals surface area contributed by atoms with Crippen LogP contribution in [0.15, 0.2) is 24.3 Å². The summed E-state index contributed by atoms with van der Waals surface area (Å²) in [5.74, 6) is -0.0859. The Morgan fingerprint density at radius 3 is 2.88 bits per heavy atom. The van der Waals surface area contributed by atoms with E-state index < -0.39 is 0 Å². The lowest BCUT2D eigenvalue weighted by atomic mass is 9.90. The normalized spacial score (nSPS) is 26.9. The van der Waals surface area contributed by atoms with Gasteiger partial charge in [-0.2, -0.15) is 0 Å². The van der Waals surface area contributed by atoms with Crippen molar-refractivity contribution in [1.29, 1.82) is 0 Å².